The van der Waals surface area contributed by atoms with E-state index in [9.17, 15) is 9.59 Å². The van der Waals surface area contributed by atoms with Gasteiger partial charge in [0.1, 0.15) is 6.54 Å². The van der Waals surface area contributed by atoms with E-state index in [2.05, 4.69) is 0 Å². The van der Waals surface area contributed by atoms with E-state index in [0.717, 1.165) is 11.3 Å². The average Bonchev–Trinajstić information content (AvgIpc) is 3.11. The topological polar surface area (TPSA) is 59.1 Å². The molecule has 1 unspecified atom stereocenters. The Bertz CT molecular complexity index is 863. The minimum Gasteiger partial charge on any atom is -0.454 e. The fraction of sp³-hybridized carbons (Fsp3) is 0.300. The molecule has 2 aromatic carbocycles. The van der Waals surface area contributed by atoms with Gasteiger partial charge in [-0.15, -0.1) is 0 Å². The summed E-state index contributed by atoms with van der Waals surface area (Å²) in [5, 5.41) is 0. The number of fused-ring (bicyclic) bond motifs is 1. The summed E-state index contributed by atoms with van der Waals surface area (Å²) in [6.07, 6.45) is 0. The smallest absolute Gasteiger partial charge is 0.254 e. The van der Waals surface area contributed by atoms with Crippen LogP contribution in [0.2, 0.25) is 0 Å². The SMILES string of the molecule is Cc1ccc(N2CC(C)N(C(=O)c3ccc4c(c3)OCO4)CC2=O)cc1. The number of amides is 2. The van der Waals surface area contributed by atoms with Gasteiger partial charge in [-0.1, -0.05) is 17.7 Å². The summed E-state index contributed by atoms with van der Waals surface area (Å²) in [4.78, 5) is 28.9. The van der Waals surface area contributed by atoms with Crippen LogP contribution >= 0.6 is 0 Å². The van der Waals surface area contributed by atoms with Crippen LogP contribution in [0.15, 0.2) is 42.5 Å². The maximum atomic E-state index is 12.9. The van der Waals surface area contributed by atoms with Gasteiger partial charge in [-0.25, -0.2) is 0 Å². The van der Waals surface area contributed by atoms with Crippen molar-refractivity contribution in [2.75, 3.05) is 24.8 Å². The Balaban J connectivity index is 1.53. The molecule has 134 valence electrons. The number of carbonyl (C=O) groups excluding carboxylic acids is 2. The Labute approximate surface area is 151 Å². The second-order valence-corrected chi connectivity index (χ2v) is 6.69. The summed E-state index contributed by atoms with van der Waals surface area (Å²) < 4.78 is 10.6. The van der Waals surface area contributed by atoms with E-state index >= 15 is 0 Å². The summed E-state index contributed by atoms with van der Waals surface area (Å²) in [6.45, 7) is 4.66. The van der Waals surface area contributed by atoms with Crippen molar-refractivity contribution >= 4 is 17.5 Å². The zero-order chi connectivity index (χ0) is 18.3. The van der Waals surface area contributed by atoms with Crippen molar-refractivity contribution in [2.45, 2.75) is 19.9 Å². The lowest BCUT2D eigenvalue weighted by Gasteiger charge is -2.39. The van der Waals surface area contributed by atoms with Crippen molar-refractivity contribution in [1.29, 1.82) is 0 Å². The van der Waals surface area contributed by atoms with Crippen LogP contribution in [0.1, 0.15) is 22.8 Å². The molecule has 26 heavy (non-hydrogen) atoms. The molecule has 6 heteroatoms. The molecular weight excluding hydrogens is 332 g/mol. The van der Waals surface area contributed by atoms with Crippen LogP contribution in [0.5, 0.6) is 11.5 Å². The maximum Gasteiger partial charge on any atom is 0.254 e. The predicted molar refractivity (Wildman–Crippen MR) is 96.6 cm³/mol. The molecule has 2 aliphatic rings. The molecule has 2 amide bonds. The van der Waals surface area contributed by atoms with E-state index in [-0.39, 0.29) is 31.2 Å². The summed E-state index contributed by atoms with van der Waals surface area (Å²) in [5.41, 5.74) is 2.51. The first-order chi connectivity index (χ1) is 12.5. The lowest BCUT2D eigenvalue weighted by Crippen LogP contribution is -2.57. The Hall–Kier alpha value is -3.02. The molecule has 0 spiro atoms. The van der Waals surface area contributed by atoms with E-state index in [4.69, 9.17) is 9.47 Å². The molecule has 2 heterocycles. The second kappa shape index (κ2) is 6.37. The van der Waals surface area contributed by atoms with Crippen molar-refractivity contribution in [3.63, 3.8) is 0 Å². The molecule has 0 bridgehead atoms. The number of carbonyl (C=O) groups is 2. The molecule has 0 aromatic heterocycles. The Morgan fingerprint density at radius 2 is 1.81 bits per heavy atom. The fourth-order valence-corrected chi connectivity index (χ4v) is 3.29. The van der Waals surface area contributed by atoms with Crippen LogP contribution in [-0.2, 0) is 4.79 Å². The molecule has 0 radical (unpaired) electrons. The standard InChI is InChI=1S/C20H20N2O4/c1-13-3-6-16(7-4-13)22-10-14(2)21(11-19(22)23)20(24)15-5-8-17-18(9-15)26-12-25-17/h3-9,14H,10-12H2,1-2H3. The van der Waals surface area contributed by atoms with Gasteiger partial charge < -0.3 is 19.3 Å². The number of ether oxygens (including phenoxy) is 2. The number of anilines is 1. The van der Waals surface area contributed by atoms with Gasteiger partial charge in [0, 0.05) is 23.8 Å². The molecular formula is C20H20N2O4. The van der Waals surface area contributed by atoms with Gasteiger partial charge in [-0.3, -0.25) is 9.59 Å². The summed E-state index contributed by atoms with van der Waals surface area (Å²) in [7, 11) is 0. The maximum absolute atomic E-state index is 12.9. The second-order valence-electron chi connectivity index (χ2n) is 6.69. The van der Waals surface area contributed by atoms with E-state index in [0.29, 0.717) is 23.6 Å². The van der Waals surface area contributed by atoms with Crippen molar-refractivity contribution in [3.05, 3.63) is 53.6 Å². The zero-order valence-corrected chi connectivity index (χ0v) is 14.8. The van der Waals surface area contributed by atoms with Crippen LogP contribution in [0.4, 0.5) is 5.69 Å². The molecule has 1 atom stereocenters. The van der Waals surface area contributed by atoms with Crippen molar-refractivity contribution in [3.8, 4) is 11.5 Å². The summed E-state index contributed by atoms with van der Waals surface area (Å²) >= 11 is 0. The van der Waals surface area contributed by atoms with Gasteiger partial charge in [0.2, 0.25) is 12.7 Å². The van der Waals surface area contributed by atoms with Gasteiger partial charge in [0.25, 0.3) is 5.91 Å². The number of hydrogen-bond acceptors (Lipinski definition) is 4. The number of aryl methyl sites for hydroxylation is 1. The Morgan fingerprint density at radius 1 is 1.08 bits per heavy atom. The first kappa shape index (κ1) is 16.4. The highest BCUT2D eigenvalue weighted by Gasteiger charge is 2.34. The molecule has 1 fully saturated rings. The van der Waals surface area contributed by atoms with E-state index in [1.165, 1.54) is 0 Å². The number of rotatable bonds is 2. The minimum absolute atomic E-state index is 0.0579. The number of piperazine rings is 1. The molecule has 6 nitrogen and oxygen atoms in total. The minimum atomic E-state index is -0.173. The molecule has 2 aliphatic heterocycles. The normalized spacial score (nSPS) is 19.0. The molecule has 4 rings (SSSR count). The zero-order valence-electron chi connectivity index (χ0n) is 14.8. The van der Waals surface area contributed by atoms with E-state index in [1.807, 2.05) is 38.1 Å². The van der Waals surface area contributed by atoms with Gasteiger partial charge >= 0.3 is 0 Å². The largest absolute Gasteiger partial charge is 0.454 e. The van der Waals surface area contributed by atoms with Crippen LogP contribution in [-0.4, -0.2) is 42.6 Å². The first-order valence-corrected chi connectivity index (χ1v) is 8.60. The molecule has 2 aromatic rings. The highest BCUT2D eigenvalue weighted by atomic mass is 16.7. The quantitative estimate of drug-likeness (QED) is 0.834. The third-order valence-corrected chi connectivity index (χ3v) is 4.81. The molecule has 0 aliphatic carbocycles. The first-order valence-electron chi connectivity index (χ1n) is 8.60. The summed E-state index contributed by atoms with van der Waals surface area (Å²) in [5.74, 6) is 0.941. The number of benzene rings is 2. The van der Waals surface area contributed by atoms with Gasteiger partial charge in [0.05, 0.1) is 0 Å². The predicted octanol–water partition coefficient (Wildman–Crippen LogP) is 2.60. The van der Waals surface area contributed by atoms with Gasteiger partial charge in [-0.05, 0) is 44.2 Å². The van der Waals surface area contributed by atoms with Crippen molar-refractivity contribution < 1.29 is 19.1 Å². The highest BCUT2D eigenvalue weighted by molar-refractivity contribution is 6.02. The van der Waals surface area contributed by atoms with Crippen LogP contribution in [0.3, 0.4) is 0 Å². The third-order valence-electron chi connectivity index (χ3n) is 4.81. The number of nitrogens with zero attached hydrogens (tertiary/aromatic N) is 2. The molecule has 0 N–H and O–H groups in total. The van der Waals surface area contributed by atoms with Gasteiger partial charge in [0.15, 0.2) is 11.5 Å². The van der Waals surface area contributed by atoms with Crippen molar-refractivity contribution in [1.82, 2.24) is 4.90 Å². The fourth-order valence-electron chi connectivity index (χ4n) is 3.29. The van der Waals surface area contributed by atoms with Crippen LogP contribution in [0.25, 0.3) is 0 Å². The lowest BCUT2D eigenvalue weighted by molar-refractivity contribution is -0.121. The van der Waals surface area contributed by atoms with Crippen molar-refractivity contribution in [2.24, 2.45) is 0 Å². The van der Waals surface area contributed by atoms with E-state index < -0.39 is 0 Å². The Morgan fingerprint density at radius 3 is 2.58 bits per heavy atom. The summed E-state index contributed by atoms with van der Waals surface area (Å²) in [6, 6.07) is 12.9. The average molecular weight is 352 g/mol. The third kappa shape index (κ3) is 2.87. The molecule has 1 saturated heterocycles. The van der Waals surface area contributed by atoms with Gasteiger partial charge in [-0.2, -0.15) is 0 Å². The highest BCUT2D eigenvalue weighted by Crippen LogP contribution is 2.33. The van der Waals surface area contributed by atoms with E-state index in [1.54, 1.807) is 28.0 Å². The van der Waals surface area contributed by atoms with Crippen LogP contribution < -0.4 is 14.4 Å². The lowest BCUT2D eigenvalue weighted by atomic mass is 10.1. The Kier molecular flexibility index (Phi) is 4.03. The molecule has 0 saturated carbocycles. The monoisotopic (exact) mass is 352 g/mol. The number of hydrogen-bond donors (Lipinski definition) is 0. The van der Waals surface area contributed by atoms with Crippen LogP contribution in [0, 0.1) is 6.92 Å².